The van der Waals surface area contributed by atoms with E-state index in [1.54, 1.807) is 0 Å². The summed E-state index contributed by atoms with van der Waals surface area (Å²) in [4.78, 5) is 41.4. The van der Waals surface area contributed by atoms with Crippen LogP contribution in [-0.2, 0) is 16.6 Å². The van der Waals surface area contributed by atoms with Crippen LogP contribution in [0.2, 0.25) is 0 Å². The van der Waals surface area contributed by atoms with Crippen LogP contribution >= 0.6 is 0 Å². The number of imide groups is 1. The van der Waals surface area contributed by atoms with Gasteiger partial charge in [-0.3, -0.25) is 24.5 Å². The SMILES string of the molecule is Cn1nc(C2CCC(=O)NC2=O)c2cccc(N3CCC(CN4CCN(C(=O)O)C[C@H]4CO)CC3)c21. The van der Waals surface area contributed by atoms with Crippen molar-refractivity contribution >= 4 is 34.5 Å². The predicted octanol–water partition coefficient (Wildman–Crippen LogP) is 0.966. The molecule has 0 radical (unpaired) electrons. The molecule has 1 aromatic carbocycles. The highest BCUT2D eigenvalue weighted by atomic mass is 16.4. The second-order valence-electron chi connectivity index (χ2n) is 10.2. The summed E-state index contributed by atoms with van der Waals surface area (Å²) in [5.41, 5.74) is 2.83. The smallest absolute Gasteiger partial charge is 0.407 e. The molecular weight excluding hydrogens is 464 g/mol. The first-order valence-corrected chi connectivity index (χ1v) is 12.7. The third-order valence-corrected chi connectivity index (χ3v) is 7.98. The first-order valence-electron chi connectivity index (χ1n) is 12.7. The molecule has 3 saturated heterocycles. The lowest BCUT2D eigenvalue weighted by Crippen LogP contribution is -2.57. The summed E-state index contributed by atoms with van der Waals surface area (Å²) >= 11 is 0. The monoisotopic (exact) mass is 498 g/mol. The van der Waals surface area contributed by atoms with Crippen LogP contribution in [0, 0.1) is 5.92 Å². The van der Waals surface area contributed by atoms with Gasteiger partial charge in [-0.15, -0.1) is 0 Å². The fourth-order valence-corrected chi connectivity index (χ4v) is 5.98. The molecule has 3 aliphatic heterocycles. The van der Waals surface area contributed by atoms with Gasteiger partial charge in [-0.1, -0.05) is 12.1 Å². The van der Waals surface area contributed by atoms with Gasteiger partial charge >= 0.3 is 6.09 Å². The fourth-order valence-electron chi connectivity index (χ4n) is 5.98. The minimum Gasteiger partial charge on any atom is -0.465 e. The Bertz CT molecular complexity index is 1160. The van der Waals surface area contributed by atoms with Crippen molar-refractivity contribution < 1.29 is 24.6 Å². The Morgan fingerprint density at radius 3 is 2.61 bits per heavy atom. The normalized spacial score (nSPS) is 24.4. The molecule has 2 aromatic rings. The summed E-state index contributed by atoms with van der Waals surface area (Å²) in [6.07, 6.45) is 1.88. The molecule has 0 aliphatic carbocycles. The average molecular weight is 499 g/mol. The molecule has 0 saturated carbocycles. The first-order chi connectivity index (χ1) is 17.4. The van der Waals surface area contributed by atoms with E-state index in [1.165, 1.54) is 4.90 Å². The quantitative estimate of drug-likeness (QED) is 0.520. The number of aliphatic hydroxyl groups is 1. The molecule has 11 heteroatoms. The fraction of sp³-hybridized carbons (Fsp3) is 0.600. The highest BCUT2D eigenvalue weighted by Gasteiger charge is 2.34. The summed E-state index contributed by atoms with van der Waals surface area (Å²) in [6.45, 7) is 4.08. The van der Waals surface area contributed by atoms with Crippen LogP contribution in [0.25, 0.3) is 10.9 Å². The number of aryl methyl sites for hydroxylation is 1. The molecule has 3 amide bonds. The molecule has 2 atom stereocenters. The molecule has 36 heavy (non-hydrogen) atoms. The number of carboxylic acid groups (broad SMARTS) is 1. The van der Waals surface area contributed by atoms with Gasteiger partial charge in [0.15, 0.2) is 0 Å². The maximum Gasteiger partial charge on any atom is 0.407 e. The standard InChI is InChI=1S/C25H34N6O5/c1-28-23-18(22(27-28)19-5-6-21(33)26-24(19)34)3-2-4-20(23)29-9-7-16(8-10-29)13-30-11-12-31(25(35)36)14-17(30)15-32/h2-4,16-17,19,32H,5-15H2,1H3,(H,35,36)(H,26,33,34)/t17-,19?/m0/s1. The summed E-state index contributed by atoms with van der Waals surface area (Å²) in [5.74, 6) is -0.443. The molecule has 3 fully saturated rings. The van der Waals surface area contributed by atoms with E-state index in [9.17, 15) is 24.6 Å². The Hall–Kier alpha value is -3.18. The van der Waals surface area contributed by atoms with Crippen molar-refractivity contribution in [2.75, 3.05) is 50.8 Å². The third-order valence-electron chi connectivity index (χ3n) is 7.98. The number of benzene rings is 1. The van der Waals surface area contributed by atoms with E-state index in [4.69, 9.17) is 5.10 Å². The van der Waals surface area contributed by atoms with Crippen LogP contribution in [0.4, 0.5) is 10.5 Å². The minimum atomic E-state index is -0.925. The van der Waals surface area contributed by atoms with Crippen LogP contribution in [0.5, 0.6) is 0 Å². The number of carbonyl (C=O) groups excluding carboxylic acids is 2. The Balaban J connectivity index is 1.27. The number of para-hydroxylation sites is 1. The van der Waals surface area contributed by atoms with E-state index in [0.29, 0.717) is 38.4 Å². The number of fused-ring (bicyclic) bond motifs is 1. The van der Waals surface area contributed by atoms with Gasteiger partial charge in [-0.05, 0) is 31.2 Å². The predicted molar refractivity (Wildman–Crippen MR) is 133 cm³/mol. The molecule has 1 unspecified atom stereocenters. The van der Waals surface area contributed by atoms with Crippen molar-refractivity contribution in [2.45, 2.75) is 37.6 Å². The maximum atomic E-state index is 12.5. The number of aliphatic hydroxyl groups excluding tert-OH is 1. The lowest BCUT2D eigenvalue weighted by molar-refractivity contribution is -0.134. The number of piperazine rings is 1. The van der Waals surface area contributed by atoms with Gasteiger partial charge in [0, 0.05) is 58.1 Å². The van der Waals surface area contributed by atoms with Gasteiger partial charge < -0.3 is 20.0 Å². The number of piperidine rings is 2. The van der Waals surface area contributed by atoms with Crippen molar-refractivity contribution in [3.63, 3.8) is 0 Å². The number of aromatic nitrogens is 2. The molecule has 0 spiro atoms. The highest BCUT2D eigenvalue weighted by Crippen LogP contribution is 2.36. The molecule has 4 heterocycles. The van der Waals surface area contributed by atoms with Crippen molar-refractivity contribution in [1.82, 2.24) is 24.9 Å². The Labute approximate surface area is 209 Å². The Morgan fingerprint density at radius 1 is 1.14 bits per heavy atom. The van der Waals surface area contributed by atoms with Gasteiger partial charge in [-0.25, -0.2) is 4.79 Å². The van der Waals surface area contributed by atoms with E-state index >= 15 is 0 Å². The summed E-state index contributed by atoms with van der Waals surface area (Å²) in [7, 11) is 1.90. The topological polar surface area (TPSA) is 131 Å². The highest BCUT2D eigenvalue weighted by molar-refractivity contribution is 6.03. The van der Waals surface area contributed by atoms with Crippen molar-refractivity contribution in [1.29, 1.82) is 0 Å². The minimum absolute atomic E-state index is 0.0410. The maximum absolute atomic E-state index is 12.5. The second-order valence-corrected chi connectivity index (χ2v) is 10.2. The second kappa shape index (κ2) is 10.1. The summed E-state index contributed by atoms with van der Waals surface area (Å²) in [5, 5.41) is 27.2. The average Bonchev–Trinajstić information content (AvgIpc) is 3.21. The number of nitrogens with zero attached hydrogens (tertiary/aromatic N) is 5. The van der Waals surface area contributed by atoms with Crippen molar-refractivity contribution in [3.8, 4) is 0 Å². The summed E-state index contributed by atoms with van der Waals surface area (Å²) in [6, 6.07) is 5.96. The van der Waals surface area contributed by atoms with Crippen LogP contribution in [-0.4, -0.2) is 99.6 Å². The zero-order chi connectivity index (χ0) is 25.4. The summed E-state index contributed by atoms with van der Waals surface area (Å²) < 4.78 is 1.85. The number of anilines is 1. The number of hydrogen-bond donors (Lipinski definition) is 3. The number of hydrogen-bond acceptors (Lipinski definition) is 7. The van der Waals surface area contributed by atoms with E-state index in [1.807, 2.05) is 23.9 Å². The van der Waals surface area contributed by atoms with E-state index < -0.39 is 12.0 Å². The third kappa shape index (κ3) is 4.64. The lowest BCUT2D eigenvalue weighted by atomic mass is 9.92. The Morgan fingerprint density at radius 2 is 1.92 bits per heavy atom. The van der Waals surface area contributed by atoms with Gasteiger partial charge in [0.1, 0.15) is 0 Å². The van der Waals surface area contributed by atoms with E-state index in [2.05, 4.69) is 21.2 Å². The van der Waals surface area contributed by atoms with E-state index in [-0.39, 0.29) is 24.5 Å². The largest absolute Gasteiger partial charge is 0.465 e. The molecule has 5 rings (SSSR count). The molecular formula is C25H34N6O5. The zero-order valence-electron chi connectivity index (χ0n) is 20.6. The first kappa shape index (κ1) is 24.5. The van der Waals surface area contributed by atoms with Gasteiger partial charge in [0.05, 0.1) is 35.5 Å². The number of nitrogens with one attached hydrogen (secondary N) is 1. The number of carbonyl (C=O) groups is 3. The van der Waals surface area contributed by atoms with Crippen LogP contribution in [0.15, 0.2) is 18.2 Å². The zero-order valence-corrected chi connectivity index (χ0v) is 20.6. The van der Waals surface area contributed by atoms with Gasteiger partial charge in [0.25, 0.3) is 0 Å². The molecule has 11 nitrogen and oxygen atoms in total. The van der Waals surface area contributed by atoms with E-state index in [0.717, 1.165) is 54.8 Å². The number of rotatable bonds is 5. The van der Waals surface area contributed by atoms with Crippen LogP contribution in [0.1, 0.15) is 37.3 Å². The van der Waals surface area contributed by atoms with Crippen molar-refractivity contribution in [3.05, 3.63) is 23.9 Å². The molecule has 194 valence electrons. The Kier molecular flexibility index (Phi) is 6.85. The lowest BCUT2D eigenvalue weighted by Gasteiger charge is -2.42. The number of amides is 3. The molecule has 1 aromatic heterocycles. The van der Waals surface area contributed by atoms with Crippen molar-refractivity contribution in [2.24, 2.45) is 13.0 Å². The van der Waals surface area contributed by atoms with Gasteiger partial charge in [0.2, 0.25) is 11.8 Å². The molecule has 3 aliphatic rings. The van der Waals surface area contributed by atoms with Crippen LogP contribution in [0.3, 0.4) is 0 Å². The van der Waals surface area contributed by atoms with Crippen LogP contribution < -0.4 is 10.2 Å². The van der Waals surface area contributed by atoms with Gasteiger partial charge in [-0.2, -0.15) is 5.10 Å². The molecule has 3 N–H and O–H groups in total. The molecule has 0 bridgehead atoms.